The standard InChI is InChI=1S/C9H8BrNO2/c10-11-8-4-2-1-3-7(8)6-13-9(11)5-12/h1-5,9H,6H2. The van der Waals surface area contributed by atoms with Crippen LogP contribution >= 0.6 is 16.1 Å². The molecule has 1 unspecified atom stereocenters. The van der Waals surface area contributed by atoms with Crippen LogP contribution < -0.4 is 3.93 Å². The van der Waals surface area contributed by atoms with E-state index in [0.717, 1.165) is 17.5 Å². The van der Waals surface area contributed by atoms with Crippen LogP contribution in [-0.4, -0.2) is 12.5 Å². The number of para-hydroxylation sites is 1. The Morgan fingerprint density at radius 1 is 1.54 bits per heavy atom. The maximum Gasteiger partial charge on any atom is 0.196 e. The maximum absolute atomic E-state index is 10.6. The number of nitrogens with zero attached hydrogens (tertiary/aromatic N) is 1. The van der Waals surface area contributed by atoms with Gasteiger partial charge in [0, 0.05) is 5.56 Å². The van der Waals surface area contributed by atoms with Gasteiger partial charge in [-0.2, -0.15) is 0 Å². The fraction of sp³-hybridized carbons (Fsp3) is 0.222. The first-order valence-electron chi connectivity index (χ1n) is 3.93. The van der Waals surface area contributed by atoms with Gasteiger partial charge in [0.25, 0.3) is 0 Å². The van der Waals surface area contributed by atoms with Crippen molar-refractivity contribution in [3.8, 4) is 0 Å². The quantitative estimate of drug-likeness (QED) is 0.556. The summed E-state index contributed by atoms with van der Waals surface area (Å²) in [6, 6.07) is 7.80. The first-order chi connectivity index (χ1) is 6.33. The molecule has 0 spiro atoms. The Balaban J connectivity index is 2.38. The molecule has 0 aromatic heterocycles. The summed E-state index contributed by atoms with van der Waals surface area (Å²) in [6.07, 6.45) is 0.250. The molecule has 3 nitrogen and oxygen atoms in total. The molecule has 4 heteroatoms. The van der Waals surface area contributed by atoms with E-state index in [0.29, 0.717) is 6.61 Å². The summed E-state index contributed by atoms with van der Waals surface area (Å²) in [7, 11) is 0. The van der Waals surface area contributed by atoms with E-state index in [9.17, 15) is 4.79 Å². The minimum Gasteiger partial charge on any atom is -0.346 e. The van der Waals surface area contributed by atoms with E-state index in [1.165, 1.54) is 0 Å². The molecule has 1 aromatic carbocycles. The number of fused-ring (bicyclic) bond motifs is 1. The summed E-state index contributed by atoms with van der Waals surface area (Å²) in [5, 5.41) is 0. The average molecular weight is 242 g/mol. The lowest BCUT2D eigenvalue weighted by molar-refractivity contribution is -0.118. The molecule has 0 aliphatic carbocycles. The molecule has 1 heterocycles. The van der Waals surface area contributed by atoms with Crippen LogP contribution in [0.15, 0.2) is 24.3 Å². The minimum atomic E-state index is -0.519. The second-order valence-electron chi connectivity index (χ2n) is 2.78. The molecule has 1 aliphatic rings. The number of carbonyl (C=O) groups excluding carboxylic acids is 1. The van der Waals surface area contributed by atoms with Gasteiger partial charge in [0.2, 0.25) is 0 Å². The van der Waals surface area contributed by atoms with Crippen LogP contribution in [0.3, 0.4) is 0 Å². The van der Waals surface area contributed by atoms with Crippen molar-refractivity contribution >= 4 is 28.1 Å². The highest BCUT2D eigenvalue weighted by Crippen LogP contribution is 2.30. The summed E-state index contributed by atoms with van der Waals surface area (Å²) in [6.45, 7) is 0.488. The van der Waals surface area contributed by atoms with Crippen LogP contribution in [0.2, 0.25) is 0 Å². The molecular formula is C9H8BrNO2. The third-order valence-electron chi connectivity index (χ3n) is 1.97. The molecule has 0 amide bonds. The molecule has 2 rings (SSSR count). The number of hydrogen-bond acceptors (Lipinski definition) is 3. The Morgan fingerprint density at radius 2 is 2.31 bits per heavy atom. The van der Waals surface area contributed by atoms with Crippen LogP contribution in [0.25, 0.3) is 0 Å². The van der Waals surface area contributed by atoms with Gasteiger partial charge in [-0.25, -0.2) is 0 Å². The predicted molar refractivity (Wildman–Crippen MR) is 52.5 cm³/mol. The van der Waals surface area contributed by atoms with Gasteiger partial charge in [-0.15, -0.1) is 0 Å². The first kappa shape index (κ1) is 8.72. The van der Waals surface area contributed by atoms with Crippen molar-refractivity contribution in [1.82, 2.24) is 0 Å². The highest BCUT2D eigenvalue weighted by atomic mass is 79.9. The van der Waals surface area contributed by atoms with Gasteiger partial charge in [0.05, 0.1) is 28.4 Å². The van der Waals surface area contributed by atoms with E-state index in [-0.39, 0.29) is 0 Å². The van der Waals surface area contributed by atoms with Crippen LogP contribution in [0.1, 0.15) is 5.56 Å². The number of hydrogen-bond donors (Lipinski definition) is 0. The molecule has 0 bridgehead atoms. The fourth-order valence-corrected chi connectivity index (χ4v) is 1.87. The lowest BCUT2D eigenvalue weighted by Gasteiger charge is -2.30. The average Bonchev–Trinajstić information content (AvgIpc) is 2.19. The first-order valence-corrected chi connectivity index (χ1v) is 4.63. The SMILES string of the molecule is O=CC1OCc2ccccc2N1Br. The molecule has 68 valence electrons. The Bertz CT molecular complexity index is 329. The number of ether oxygens (including phenoxy) is 1. The largest absolute Gasteiger partial charge is 0.346 e. The van der Waals surface area contributed by atoms with E-state index >= 15 is 0 Å². The predicted octanol–water partition coefficient (Wildman–Crippen LogP) is 1.86. The molecular weight excluding hydrogens is 234 g/mol. The molecule has 0 saturated heterocycles. The zero-order valence-corrected chi connectivity index (χ0v) is 8.40. The van der Waals surface area contributed by atoms with Gasteiger partial charge in [0.15, 0.2) is 12.5 Å². The number of aldehydes is 1. The van der Waals surface area contributed by atoms with Gasteiger partial charge in [-0.1, -0.05) is 18.2 Å². The van der Waals surface area contributed by atoms with Crippen LogP contribution in [0.5, 0.6) is 0 Å². The zero-order chi connectivity index (χ0) is 9.26. The normalized spacial score (nSPS) is 21.0. The number of rotatable bonds is 1. The Labute approximate surface area is 84.6 Å². The van der Waals surface area contributed by atoms with Gasteiger partial charge < -0.3 is 4.74 Å². The number of anilines is 1. The third kappa shape index (κ3) is 1.47. The van der Waals surface area contributed by atoms with Crippen molar-refractivity contribution < 1.29 is 9.53 Å². The summed E-state index contributed by atoms with van der Waals surface area (Å²) in [5.41, 5.74) is 2.07. The molecule has 13 heavy (non-hydrogen) atoms. The molecule has 0 radical (unpaired) electrons. The highest BCUT2D eigenvalue weighted by Gasteiger charge is 2.24. The monoisotopic (exact) mass is 241 g/mol. The van der Waals surface area contributed by atoms with E-state index in [2.05, 4.69) is 16.1 Å². The maximum atomic E-state index is 10.6. The van der Waals surface area contributed by atoms with E-state index in [1.807, 2.05) is 24.3 Å². The van der Waals surface area contributed by atoms with Gasteiger partial charge in [-0.3, -0.25) is 8.72 Å². The smallest absolute Gasteiger partial charge is 0.196 e. The summed E-state index contributed by atoms with van der Waals surface area (Å²) >= 11 is 3.29. The number of halogens is 1. The summed E-state index contributed by atoms with van der Waals surface area (Å²) in [4.78, 5) is 10.6. The summed E-state index contributed by atoms with van der Waals surface area (Å²) < 4.78 is 6.93. The molecule has 0 fully saturated rings. The molecule has 1 atom stereocenters. The van der Waals surface area contributed by atoms with Gasteiger partial charge in [-0.05, 0) is 6.07 Å². The zero-order valence-electron chi connectivity index (χ0n) is 6.81. The molecule has 1 aromatic rings. The fourth-order valence-electron chi connectivity index (χ4n) is 1.31. The van der Waals surface area contributed by atoms with Crippen LogP contribution in [0.4, 0.5) is 5.69 Å². The van der Waals surface area contributed by atoms with Crippen LogP contribution in [-0.2, 0) is 16.1 Å². The number of carbonyl (C=O) groups is 1. The van der Waals surface area contributed by atoms with E-state index in [1.54, 1.807) is 3.93 Å². The lowest BCUT2D eigenvalue weighted by atomic mass is 10.1. The Morgan fingerprint density at radius 3 is 3.08 bits per heavy atom. The Hall–Kier alpha value is -0.870. The third-order valence-corrected chi connectivity index (χ3v) is 2.76. The molecule has 1 aliphatic heterocycles. The van der Waals surface area contributed by atoms with Crippen molar-refractivity contribution in [1.29, 1.82) is 0 Å². The molecule has 0 N–H and O–H groups in total. The van der Waals surface area contributed by atoms with E-state index in [4.69, 9.17) is 4.74 Å². The van der Waals surface area contributed by atoms with Gasteiger partial charge in [0.1, 0.15) is 0 Å². The second kappa shape index (κ2) is 3.47. The Kier molecular flexibility index (Phi) is 2.33. The van der Waals surface area contributed by atoms with Crippen LogP contribution in [0, 0.1) is 0 Å². The van der Waals surface area contributed by atoms with Crippen molar-refractivity contribution in [3.63, 3.8) is 0 Å². The second-order valence-corrected chi connectivity index (χ2v) is 3.54. The molecule has 0 saturated carbocycles. The van der Waals surface area contributed by atoms with Crippen molar-refractivity contribution in [2.24, 2.45) is 0 Å². The number of benzene rings is 1. The van der Waals surface area contributed by atoms with E-state index < -0.39 is 6.23 Å². The lowest BCUT2D eigenvalue weighted by Crippen LogP contribution is -2.34. The summed E-state index contributed by atoms with van der Waals surface area (Å²) in [5.74, 6) is 0. The van der Waals surface area contributed by atoms with Gasteiger partial charge >= 0.3 is 0 Å². The minimum absolute atomic E-state index is 0.488. The van der Waals surface area contributed by atoms with Crippen molar-refractivity contribution in [2.75, 3.05) is 3.93 Å². The topological polar surface area (TPSA) is 29.5 Å². The van der Waals surface area contributed by atoms with Crippen molar-refractivity contribution in [3.05, 3.63) is 29.8 Å². The van der Waals surface area contributed by atoms with Crippen molar-refractivity contribution in [2.45, 2.75) is 12.8 Å². The highest BCUT2D eigenvalue weighted by molar-refractivity contribution is 9.10.